The van der Waals surface area contributed by atoms with Crippen LogP contribution < -0.4 is 15.1 Å². The summed E-state index contributed by atoms with van der Waals surface area (Å²) in [6.45, 7) is 6.97. The van der Waals surface area contributed by atoms with Gasteiger partial charge in [0.25, 0.3) is 0 Å². The van der Waals surface area contributed by atoms with Crippen molar-refractivity contribution in [3.8, 4) is 0 Å². The van der Waals surface area contributed by atoms with Gasteiger partial charge in [-0.2, -0.15) is 0 Å². The van der Waals surface area contributed by atoms with E-state index >= 15 is 0 Å². The van der Waals surface area contributed by atoms with E-state index in [4.69, 9.17) is 4.98 Å². The number of carbonyl (C=O) groups excluding carboxylic acids is 1. The number of nitrogens with one attached hydrogen (secondary N) is 1. The number of likely N-dealkylation sites (N-methyl/N-ethyl adjacent to an activating group) is 1. The summed E-state index contributed by atoms with van der Waals surface area (Å²) in [6, 6.07) is 23.4. The number of rotatable bonds is 7. The van der Waals surface area contributed by atoms with E-state index < -0.39 is 0 Å². The average molecular weight is 541 g/mol. The first-order valence-corrected chi connectivity index (χ1v) is 14.3. The van der Waals surface area contributed by atoms with E-state index in [1.807, 2.05) is 30.3 Å². The summed E-state index contributed by atoms with van der Waals surface area (Å²) >= 11 is 0. The van der Waals surface area contributed by atoms with Crippen LogP contribution in [0, 0.1) is 11.7 Å². The van der Waals surface area contributed by atoms with Crippen LogP contribution in [0.1, 0.15) is 24.0 Å². The molecule has 6 rings (SSSR count). The first-order chi connectivity index (χ1) is 19.5. The molecule has 2 fully saturated rings. The van der Waals surface area contributed by atoms with Crippen molar-refractivity contribution >= 4 is 28.6 Å². The molecular weight excluding hydrogens is 503 g/mol. The quantitative estimate of drug-likeness (QED) is 0.374. The average Bonchev–Trinajstić information content (AvgIpc) is 3.36. The van der Waals surface area contributed by atoms with E-state index in [-0.39, 0.29) is 17.6 Å². The zero-order valence-corrected chi connectivity index (χ0v) is 23.1. The van der Waals surface area contributed by atoms with Crippen molar-refractivity contribution in [2.24, 2.45) is 5.92 Å². The number of benzene rings is 3. The summed E-state index contributed by atoms with van der Waals surface area (Å²) in [4.78, 5) is 25.1. The van der Waals surface area contributed by atoms with Gasteiger partial charge in [-0.1, -0.05) is 36.4 Å². The maximum Gasteiger partial charge on any atom is 0.223 e. The zero-order valence-electron chi connectivity index (χ0n) is 23.1. The summed E-state index contributed by atoms with van der Waals surface area (Å²) in [6.07, 6.45) is 1.57. The predicted octanol–water partition coefficient (Wildman–Crippen LogP) is 4.51. The molecule has 2 saturated heterocycles. The number of nitrogens with zero attached hydrogens (tertiary/aromatic N) is 5. The second-order valence-corrected chi connectivity index (χ2v) is 11.0. The maximum absolute atomic E-state index is 13.5. The Morgan fingerprint density at radius 3 is 2.25 bits per heavy atom. The van der Waals surface area contributed by atoms with Gasteiger partial charge in [0, 0.05) is 57.4 Å². The molecule has 208 valence electrons. The van der Waals surface area contributed by atoms with Crippen molar-refractivity contribution in [2.75, 3.05) is 56.1 Å². The number of aromatic nitrogens is 2. The Bertz CT molecular complexity index is 1430. The molecule has 2 aliphatic heterocycles. The topological polar surface area (TPSA) is 56.6 Å². The first kappa shape index (κ1) is 26.3. The van der Waals surface area contributed by atoms with Gasteiger partial charge in [-0.15, -0.1) is 0 Å². The van der Waals surface area contributed by atoms with Crippen LogP contribution >= 0.6 is 0 Å². The first-order valence-electron chi connectivity index (χ1n) is 14.3. The monoisotopic (exact) mass is 540 g/mol. The third-order valence-electron chi connectivity index (χ3n) is 8.31. The minimum Gasteiger partial charge on any atom is -0.369 e. The molecule has 0 atom stereocenters. The lowest BCUT2D eigenvalue weighted by molar-refractivity contribution is -0.125. The number of fused-ring (bicyclic) bond motifs is 1. The van der Waals surface area contributed by atoms with Crippen molar-refractivity contribution in [3.63, 3.8) is 0 Å². The Labute approximate surface area is 235 Å². The van der Waals surface area contributed by atoms with Gasteiger partial charge in [-0.3, -0.25) is 4.79 Å². The summed E-state index contributed by atoms with van der Waals surface area (Å²) < 4.78 is 15.7. The molecule has 0 spiro atoms. The lowest BCUT2D eigenvalue weighted by Crippen LogP contribution is -2.44. The van der Waals surface area contributed by atoms with Crippen LogP contribution in [0.15, 0.2) is 72.8 Å². The van der Waals surface area contributed by atoms with Gasteiger partial charge in [-0.25, -0.2) is 9.37 Å². The largest absolute Gasteiger partial charge is 0.369 e. The Morgan fingerprint density at radius 1 is 0.850 bits per heavy atom. The number of imidazole rings is 1. The van der Waals surface area contributed by atoms with Crippen LogP contribution in [0.5, 0.6) is 0 Å². The summed E-state index contributed by atoms with van der Waals surface area (Å²) in [5.41, 5.74) is 5.40. The van der Waals surface area contributed by atoms with Crippen LogP contribution in [-0.2, 0) is 17.9 Å². The van der Waals surface area contributed by atoms with E-state index in [9.17, 15) is 9.18 Å². The van der Waals surface area contributed by atoms with E-state index in [0.29, 0.717) is 13.1 Å². The van der Waals surface area contributed by atoms with Gasteiger partial charge < -0.3 is 24.6 Å². The minimum absolute atomic E-state index is 0.00390. The summed E-state index contributed by atoms with van der Waals surface area (Å²) in [7, 11) is 2.17. The lowest BCUT2D eigenvalue weighted by Gasteiger charge is -2.34. The highest BCUT2D eigenvalue weighted by Crippen LogP contribution is 2.28. The highest BCUT2D eigenvalue weighted by atomic mass is 19.1. The molecule has 0 bridgehead atoms. The van der Waals surface area contributed by atoms with Crippen LogP contribution in [-0.4, -0.2) is 66.7 Å². The Kier molecular flexibility index (Phi) is 7.68. The Balaban J connectivity index is 1.05. The van der Waals surface area contributed by atoms with Crippen LogP contribution in [0.3, 0.4) is 0 Å². The molecule has 2 aliphatic rings. The molecular formula is C32H37FN6O. The van der Waals surface area contributed by atoms with Crippen molar-refractivity contribution in [3.05, 3.63) is 89.7 Å². The molecule has 8 heteroatoms. The second-order valence-electron chi connectivity index (χ2n) is 11.0. The number of hydrogen-bond acceptors (Lipinski definition) is 5. The van der Waals surface area contributed by atoms with Crippen molar-refractivity contribution in [2.45, 2.75) is 25.9 Å². The molecule has 0 saturated carbocycles. The second kappa shape index (κ2) is 11.7. The fraction of sp³-hybridized carbons (Fsp3) is 0.375. The SMILES string of the molecule is CN1CCN(c2ccc(CNC(=O)C3CCN(c4nc5ccccc5n4Cc4ccc(F)cc4)CC3)cc2)CC1. The Hall–Kier alpha value is -3.91. The number of anilines is 2. The van der Waals surface area contributed by atoms with E-state index in [2.05, 4.69) is 62.0 Å². The smallest absolute Gasteiger partial charge is 0.223 e. The number of halogens is 1. The Morgan fingerprint density at radius 2 is 1.52 bits per heavy atom. The van der Waals surface area contributed by atoms with Gasteiger partial charge in [0.05, 0.1) is 17.6 Å². The third-order valence-corrected chi connectivity index (χ3v) is 8.31. The van der Waals surface area contributed by atoms with Gasteiger partial charge in [-0.05, 0) is 67.4 Å². The molecule has 0 aliphatic carbocycles. The standard InChI is InChI=1S/C32H37FN6O/c1-36-18-20-37(21-19-36)28-12-8-24(9-13-28)22-34-31(40)26-14-16-38(17-15-26)32-35-29-4-2-3-5-30(29)39(32)23-25-6-10-27(33)11-7-25/h2-13,26H,14-23H2,1H3,(H,34,40). The molecule has 7 nitrogen and oxygen atoms in total. The third kappa shape index (κ3) is 5.82. The van der Waals surface area contributed by atoms with Gasteiger partial charge in [0.2, 0.25) is 11.9 Å². The zero-order chi connectivity index (χ0) is 27.5. The molecule has 40 heavy (non-hydrogen) atoms. The molecule has 0 radical (unpaired) electrons. The number of amides is 1. The lowest BCUT2D eigenvalue weighted by atomic mass is 9.96. The molecule has 3 aromatic carbocycles. The van der Waals surface area contributed by atoms with Crippen molar-refractivity contribution in [1.29, 1.82) is 0 Å². The molecule has 1 aromatic heterocycles. The predicted molar refractivity (Wildman–Crippen MR) is 158 cm³/mol. The van der Waals surface area contributed by atoms with Crippen LogP contribution in [0.25, 0.3) is 11.0 Å². The maximum atomic E-state index is 13.5. The van der Waals surface area contributed by atoms with Crippen LogP contribution in [0.4, 0.5) is 16.0 Å². The van der Waals surface area contributed by atoms with E-state index in [1.54, 1.807) is 0 Å². The molecule has 1 N–H and O–H groups in total. The molecule has 1 amide bonds. The number of piperazine rings is 1. The number of para-hydroxylation sites is 2. The number of hydrogen-bond donors (Lipinski definition) is 1. The highest BCUT2D eigenvalue weighted by molar-refractivity contribution is 5.80. The molecule has 3 heterocycles. The van der Waals surface area contributed by atoms with Crippen molar-refractivity contribution in [1.82, 2.24) is 19.8 Å². The van der Waals surface area contributed by atoms with Crippen LogP contribution in [0.2, 0.25) is 0 Å². The van der Waals surface area contributed by atoms with E-state index in [1.165, 1.54) is 17.8 Å². The fourth-order valence-corrected chi connectivity index (χ4v) is 5.80. The fourth-order valence-electron chi connectivity index (χ4n) is 5.80. The number of carbonyl (C=O) groups is 1. The van der Waals surface area contributed by atoms with Crippen molar-refractivity contribution < 1.29 is 9.18 Å². The van der Waals surface area contributed by atoms with Gasteiger partial charge in [0.15, 0.2) is 0 Å². The molecule has 4 aromatic rings. The van der Waals surface area contributed by atoms with Gasteiger partial charge in [0.1, 0.15) is 5.82 Å². The highest BCUT2D eigenvalue weighted by Gasteiger charge is 2.27. The number of piperidine rings is 1. The summed E-state index contributed by atoms with van der Waals surface area (Å²) in [5, 5.41) is 3.17. The normalized spacial score (nSPS) is 16.9. The molecule has 0 unspecified atom stereocenters. The minimum atomic E-state index is -0.234. The van der Waals surface area contributed by atoms with Gasteiger partial charge >= 0.3 is 0 Å². The summed E-state index contributed by atoms with van der Waals surface area (Å²) in [5.74, 6) is 0.797. The van der Waals surface area contributed by atoms with E-state index in [0.717, 1.165) is 80.2 Å².